The van der Waals surface area contributed by atoms with E-state index in [4.69, 9.17) is 14.2 Å². The number of benzene rings is 1. The Morgan fingerprint density at radius 3 is 2.25 bits per heavy atom. The molecular weight excluding hydrogens is 358 g/mol. The van der Waals surface area contributed by atoms with Crippen LogP contribution in [-0.2, 0) is 27.1 Å². The number of nitrogens with zero attached hydrogens (tertiary/aromatic N) is 1. The molecule has 2 aromatic rings. The molecule has 1 unspecified atom stereocenters. The fourth-order valence-corrected chi connectivity index (χ4v) is 2.60. The Labute approximate surface area is 165 Å². The van der Waals surface area contributed by atoms with Gasteiger partial charge < -0.3 is 14.2 Å². The molecule has 0 saturated carbocycles. The topological polar surface area (TPSA) is 74.7 Å². The molecule has 150 valence electrons. The van der Waals surface area contributed by atoms with Crippen LogP contribution in [0.1, 0.15) is 42.4 Å². The number of esters is 1. The third-order valence-electron chi connectivity index (χ3n) is 4.15. The molecule has 0 spiro atoms. The zero-order valence-corrected chi connectivity index (χ0v) is 16.6. The average Bonchev–Trinajstić information content (AvgIpc) is 2.73. The molecule has 0 aliphatic rings. The highest BCUT2D eigenvalue weighted by atomic mass is 16.6. The average molecular weight is 385 g/mol. The molecule has 0 saturated heterocycles. The summed E-state index contributed by atoms with van der Waals surface area (Å²) in [6.07, 6.45) is 2.38. The molecule has 0 aliphatic heterocycles. The highest BCUT2D eigenvalue weighted by molar-refractivity contribution is 5.95. The van der Waals surface area contributed by atoms with E-state index in [1.54, 1.807) is 31.3 Å². The van der Waals surface area contributed by atoms with E-state index in [9.17, 15) is 9.59 Å². The molecule has 0 radical (unpaired) electrons. The largest absolute Gasteiger partial charge is 0.485 e. The number of pyridine rings is 1. The summed E-state index contributed by atoms with van der Waals surface area (Å²) in [5.74, 6) is 0.0358. The zero-order valence-electron chi connectivity index (χ0n) is 16.6. The first-order valence-corrected chi connectivity index (χ1v) is 9.55. The van der Waals surface area contributed by atoms with E-state index in [1.165, 1.54) is 0 Å². The number of aryl methyl sites for hydroxylation is 1. The van der Waals surface area contributed by atoms with Gasteiger partial charge in [-0.1, -0.05) is 25.1 Å². The van der Waals surface area contributed by atoms with Gasteiger partial charge in [-0.25, -0.2) is 4.79 Å². The van der Waals surface area contributed by atoms with E-state index in [-0.39, 0.29) is 18.4 Å². The summed E-state index contributed by atoms with van der Waals surface area (Å²) in [5.41, 5.74) is 2.39. The smallest absolute Gasteiger partial charge is 0.335 e. The SMILES string of the molecule is CCOC(=O)C(Cc1ccc(OCC(=O)c2ccc(CC)cn2)cc1)OCC. The minimum atomic E-state index is -0.629. The predicted molar refractivity (Wildman–Crippen MR) is 106 cm³/mol. The standard InChI is InChI=1S/C22H27NO5/c1-4-16-9-12-19(23-14-16)20(24)15-28-18-10-7-17(8-11-18)13-21(26-5-2)22(25)27-6-3/h7-12,14,21H,4-6,13,15H2,1-3H3. The Balaban J connectivity index is 1.90. The summed E-state index contributed by atoms with van der Waals surface area (Å²) in [6, 6.07) is 10.8. The van der Waals surface area contributed by atoms with Gasteiger partial charge in [0.2, 0.25) is 5.78 Å². The molecule has 1 atom stereocenters. The summed E-state index contributed by atoms with van der Waals surface area (Å²) in [4.78, 5) is 28.3. The molecule has 6 heteroatoms. The van der Waals surface area contributed by atoms with Crippen LogP contribution < -0.4 is 4.74 Å². The fraction of sp³-hybridized carbons (Fsp3) is 0.409. The third kappa shape index (κ3) is 6.46. The Kier molecular flexibility index (Phi) is 8.62. The zero-order chi connectivity index (χ0) is 20.4. The van der Waals surface area contributed by atoms with Crippen LogP contribution in [0.5, 0.6) is 5.75 Å². The number of ketones is 1. The Morgan fingerprint density at radius 2 is 1.68 bits per heavy atom. The Morgan fingerprint density at radius 1 is 0.964 bits per heavy atom. The van der Waals surface area contributed by atoms with Crippen molar-refractivity contribution >= 4 is 11.8 Å². The molecule has 0 amide bonds. The second kappa shape index (κ2) is 11.2. The van der Waals surface area contributed by atoms with Crippen LogP contribution in [0.25, 0.3) is 0 Å². The van der Waals surface area contributed by atoms with Gasteiger partial charge in [0.1, 0.15) is 11.4 Å². The van der Waals surface area contributed by atoms with E-state index in [0.717, 1.165) is 17.5 Å². The van der Waals surface area contributed by atoms with Gasteiger partial charge >= 0.3 is 5.97 Å². The van der Waals surface area contributed by atoms with E-state index < -0.39 is 6.10 Å². The van der Waals surface area contributed by atoms with Crippen molar-refractivity contribution in [3.8, 4) is 5.75 Å². The number of Topliss-reactive ketones (excluding diaryl/α,β-unsaturated/α-hetero) is 1. The molecule has 0 fully saturated rings. The number of ether oxygens (including phenoxy) is 3. The van der Waals surface area contributed by atoms with Crippen LogP contribution in [0.15, 0.2) is 42.6 Å². The van der Waals surface area contributed by atoms with Crippen LogP contribution >= 0.6 is 0 Å². The van der Waals surface area contributed by atoms with Crippen molar-refractivity contribution in [2.45, 2.75) is 39.7 Å². The summed E-state index contributed by atoms with van der Waals surface area (Å²) in [6.45, 7) is 6.31. The summed E-state index contributed by atoms with van der Waals surface area (Å²) >= 11 is 0. The van der Waals surface area contributed by atoms with Crippen molar-refractivity contribution in [1.29, 1.82) is 0 Å². The van der Waals surface area contributed by atoms with Crippen molar-refractivity contribution in [3.05, 3.63) is 59.4 Å². The number of hydrogen-bond donors (Lipinski definition) is 0. The van der Waals surface area contributed by atoms with E-state index >= 15 is 0 Å². The number of rotatable bonds is 11. The highest BCUT2D eigenvalue weighted by Gasteiger charge is 2.20. The Hall–Kier alpha value is -2.73. The molecule has 6 nitrogen and oxygen atoms in total. The summed E-state index contributed by atoms with van der Waals surface area (Å²) < 4.78 is 16.1. The van der Waals surface area contributed by atoms with Gasteiger partial charge in [0, 0.05) is 19.2 Å². The van der Waals surface area contributed by atoms with Gasteiger partial charge in [0.15, 0.2) is 12.7 Å². The second-order valence-electron chi connectivity index (χ2n) is 6.16. The molecule has 28 heavy (non-hydrogen) atoms. The number of carbonyl (C=O) groups excluding carboxylic acids is 2. The summed E-state index contributed by atoms with van der Waals surface area (Å²) in [5, 5.41) is 0. The lowest BCUT2D eigenvalue weighted by Crippen LogP contribution is -2.28. The first-order valence-electron chi connectivity index (χ1n) is 9.55. The lowest BCUT2D eigenvalue weighted by molar-refractivity contribution is -0.156. The van der Waals surface area contributed by atoms with Crippen LogP contribution in [0.3, 0.4) is 0 Å². The lowest BCUT2D eigenvalue weighted by atomic mass is 10.1. The molecule has 0 bridgehead atoms. The van der Waals surface area contributed by atoms with E-state index in [1.807, 2.05) is 32.0 Å². The van der Waals surface area contributed by atoms with Gasteiger partial charge in [-0.3, -0.25) is 9.78 Å². The molecule has 2 rings (SSSR count). The first-order chi connectivity index (χ1) is 13.6. The monoisotopic (exact) mass is 385 g/mol. The second-order valence-corrected chi connectivity index (χ2v) is 6.16. The van der Waals surface area contributed by atoms with Crippen LogP contribution in [0.2, 0.25) is 0 Å². The molecule has 1 heterocycles. The molecule has 0 N–H and O–H groups in total. The van der Waals surface area contributed by atoms with Crippen LogP contribution in [0.4, 0.5) is 0 Å². The quantitative estimate of drug-likeness (QED) is 0.436. The van der Waals surface area contributed by atoms with E-state index in [2.05, 4.69) is 4.98 Å². The van der Waals surface area contributed by atoms with Gasteiger partial charge in [0.25, 0.3) is 0 Å². The number of carbonyl (C=O) groups is 2. The highest BCUT2D eigenvalue weighted by Crippen LogP contribution is 2.15. The molecule has 1 aromatic carbocycles. The van der Waals surface area contributed by atoms with Gasteiger partial charge in [-0.2, -0.15) is 0 Å². The minimum absolute atomic E-state index is 0.0811. The van der Waals surface area contributed by atoms with Crippen molar-refractivity contribution < 1.29 is 23.8 Å². The molecule has 1 aromatic heterocycles. The van der Waals surface area contributed by atoms with Gasteiger partial charge in [0.05, 0.1) is 6.61 Å². The predicted octanol–water partition coefficient (Wildman–Crippen LogP) is 3.42. The number of aromatic nitrogens is 1. The first kappa shape index (κ1) is 21.6. The third-order valence-corrected chi connectivity index (χ3v) is 4.15. The maximum atomic E-state index is 12.2. The van der Waals surface area contributed by atoms with Crippen molar-refractivity contribution in [3.63, 3.8) is 0 Å². The fourth-order valence-electron chi connectivity index (χ4n) is 2.60. The van der Waals surface area contributed by atoms with E-state index in [0.29, 0.717) is 31.1 Å². The minimum Gasteiger partial charge on any atom is -0.485 e. The van der Waals surface area contributed by atoms with Crippen molar-refractivity contribution in [1.82, 2.24) is 4.98 Å². The summed E-state index contributed by atoms with van der Waals surface area (Å²) in [7, 11) is 0. The Bertz CT molecular complexity index is 756. The van der Waals surface area contributed by atoms with Crippen LogP contribution in [0, 0.1) is 0 Å². The number of hydrogen-bond acceptors (Lipinski definition) is 6. The molecule has 0 aliphatic carbocycles. The van der Waals surface area contributed by atoms with Gasteiger partial charge in [-0.05, 0) is 49.6 Å². The van der Waals surface area contributed by atoms with Crippen molar-refractivity contribution in [2.24, 2.45) is 0 Å². The maximum absolute atomic E-state index is 12.2. The van der Waals surface area contributed by atoms with Crippen LogP contribution in [-0.4, -0.2) is 42.7 Å². The molecular formula is C22H27NO5. The lowest BCUT2D eigenvalue weighted by Gasteiger charge is -2.15. The maximum Gasteiger partial charge on any atom is 0.335 e. The van der Waals surface area contributed by atoms with Gasteiger partial charge in [-0.15, -0.1) is 0 Å². The van der Waals surface area contributed by atoms with Crippen molar-refractivity contribution in [2.75, 3.05) is 19.8 Å². The normalized spacial score (nSPS) is 11.7.